The van der Waals surface area contributed by atoms with Crippen LogP contribution in [0.1, 0.15) is 17.0 Å². The molecule has 2 nitrogen and oxygen atoms in total. The fourth-order valence-corrected chi connectivity index (χ4v) is 2.86. The van der Waals surface area contributed by atoms with Crippen LogP contribution in [0, 0.1) is 13.8 Å². The number of benzene rings is 1. The van der Waals surface area contributed by atoms with Gasteiger partial charge in [0.15, 0.2) is 0 Å². The summed E-state index contributed by atoms with van der Waals surface area (Å²) in [7, 11) is 4.14. The zero-order valence-corrected chi connectivity index (χ0v) is 13.2. The predicted molar refractivity (Wildman–Crippen MR) is 82.7 cm³/mol. The number of hydrogen-bond acceptors (Lipinski definition) is 1. The number of aryl methyl sites for hydroxylation is 1. The molecule has 0 aliphatic carbocycles. The summed E-state index contributed by atoms with van der Waals surface area (Å²) in [4.78, 5) is 2.16. The lowest BCUT2D eigenvalue weighted by molar-refractivity contribution is 0.401. The van der Waals surface area contributed by atoms with Crippen molar-refractivity contribution >= 4 is 23.2 Å². The lowest BCUT2D eigenvalue weighted by Gasteiger charge is -2.13. The van der Waals surface area contributed by atoms with E-state index in [0.29, 0.717) is 10.0 Å². The third kappa shape index (κ3) is 2.97. The molecule has 0 amide bonds. The Labute approximate surface area is 124 Å². The average molecular weight is 297 g/mol. The molecule has 0 saturated heterocycles. The van der Waals surface area contributed by atoms with Crippen molar-refractivity contribution in [2.45, 2.75) is 20.4 Å². The van der Waals surface area contributed by atoms with E-state index >= 15 is 0 Å². The summed E-state index contributed by atoms with van der Waals surface area (Å²) in [5.41, 5.74) is 4.69. The van der Waals surface area contributed by atoms with Crippen molar-refractivity contribution in [3.63, 3.8) is 0 Å². The first-order chi connectivity index (χ1) is 8.90. The minimum absolute atomic E-state index is 0.657. The fraction of sp³-hybridized carbons (Fsp3) is 0.333. The van der Waals surface area contributed by atoms with Gasteiger partial charge in [-0.05, 0) is 57.8 Å². The Morgan fingerprint density at radius 1 is 1.11 bits per heavy atom. The molecule has 0 aliphatic rings. The molecule has 1 aromatic carbocycles. The van der Waals surface area contributed by atoms with Gasteiger partial charge in [0.2, 0.25) is 0 Å². The quantitative estimate of drug-likeness (QED) is 0.812. The van der Waals surface area contributed by atoms with E-state index in [2.05, 4.69) is 43.5 Å². The second-order valence-electron chi connectivity index (χ2n) is 5.07. The van der Waals surface area contributed by atoms with Gasteiger partial charge < -0.3 is 9.47 Å². The maximum absolute atomic E-state index is 6.31. The number of halogens is 2. The Morgan fingerprint density at radius 2 is 1.79 bits per heavy atom. The SMILES string of the molecule is Cc1cc(CN(C)C)c(C)n1-c1ccc(Cl)cc1Cl. The summed E-state index contributed by atoms with van der Waals surface area (Å²) in [6, 6.07) is 7.82. The molecule has 0 fully saturated rings. The second-order valence-corrected chi connectivity index (χ2v) is 5.91. The molecule has 0 unspecified atom stereocenters. The van der Waals surface area contributed by atoms with Gasteiger partial charge >= 0.3 is 0 Å². The monoisotopic (exact) mass is 296 g/mol. The van der Waals surface area contributed by atoms with Crippen molar-refractivity contribution in [1.82, 2.24) is 9.47 Å². The first kappa shape index (κ1) is 14.4. The van der Waals surface area contributed by atoms with Crippen molar-refractivity contribution < 1.29 is 0 Å². The smallest absolute Gasteiger partial charge is 0.0661 e. The third-order valence-electron chi connectivity index (χ3n) is 3.17. The van der Waals surface area contributed by atoms with Crippen LogP contribution in [-0.4, -0.2) is 23.6 Å². The Kier molecular flexibility index (Phi) is 4.24. The summed E-state index contributed by atoms with van der Waals surface area (Å²) < 4.78 is 2.18. The van der Waals surface area contributed by atoms with Gasteiger partial charge in [0.05, 0.1) is 10.7 Å². The molecule has 0 N–H and O–H groups in total. The van der Waals surface area contributed by atoms with E-state index in [1.165, 1.54) is 17.0 Å². The van der Waals surface area contributed by atoms with Crippen LogP contribution < -0.4 is 0 Å². The van der Waals surface area contributed by atoms with E-state index in [0.717, 1.165) is 12.2 Å². The summed E-state index contributed by atoms with van der Waals surface area (Å²) in [6.07, 6.45) is 0. The van der Waals surface area contributed by atoms with Crippen LogP contribution in [-0.2, 0) is 6.54 Å². The Hall–Kier alpha value is -0.960. The van der Waals surface area contributed by atoms with E-state index in [4.69, 9.17) is 23.2 Å². The summed E-state index contributed by atoms with van der Waals surface area (Å²) in [5.74, 6) is 0. The first-order valence-electron chi connectivity index (χ1n) is 6.18. The van der Waals surface area contributed by atoms with Gasteiger partial charge in [-0.1, -0.05) is 23.2 Å². The van der Waals surface area contributed by atoms with Gasteiger partial charge in [-0.25, -0.2) is 0 Å². The molecule has 0 saturated carbocycles. The fourth-order valence-electron chi connectivity index (χ4n) is 2.36. The molecule has 2 aromatic rings. The minimum Gasteiger partial charge on any atom is -0.317 e. The number of rotatable bonds is 3. The molecule has 19 heavy (non-hydrogen) atoms. The standard InChI is InChI=1S/C15H18Cl2N2/c1-10-7-12(9-18(3)4)11(2)19(10)15-6-5-13(16)8-14(15)17/h5-8H,9H2,1-4H3. The van der Waals surface area contributed by atoms with Gasteiger partial charge in [-0.2, -0.15) is 0 Å². The lowest BCUT2D eigenvalue weighted by Crippen LogP contribution is -2.11. The van der Waals surface area contributed by atoms with Crippen molar-refractivity contribution in [1.29, 1.82) is 0 Å². The highest BCUT2D eigenvalue weighted by Crippen LogP contribution is 2.29. The van der Waals surface area contributed by atoms with Crippen LogP contribution >= 0.6 is 23.2 Å². The van der Waals surface area contributed by atoms with Crippen LogP contribution in [0.15, 0.2) is 24.3 Å². The van der Waals surface area contributed by atoms with Crippen molar-refractivity contribution in [3.05, 3.63) is 51.3 Å². The number of aromatic nitrogens is 1. The van der Waals surface area contributed by atoms with Gasteiger partial charge in [-0.3, -0.25) is 0 Å². The maximum Gasteiger partial charge on any atom is 0.0661 e. The van der Waals surface area contributed by atoms with E-state index in [-0.39, 0.29) is 0 Å². The largest absolute Gasteiger partial charge is 0.317 e. The van der Waals surface area contributed by atoms with E-state index in [1.54, 1.807) is 6.07 Å². The van der Waals surface area contributed by atoms with Gasteiger partial charge in [0, 0.05) is 23.0 Å². The summed E-state index contributed by atoms with van der Waals surface area (Å²) in [5, 5.41) is 1.33. The van der Waals surface area contributed by atoms with Crippen LogP contribution in [0.2, 0.25) is 10.0 Å². The Morgan fingerprint density at radius 3 is 2.37 bits per heavy atom. The molecule has 1 aromatic heterocycles. The maximum atomic E-state index is 6.31. The van der Waals surface area contributed by atoms with Crippen LogP contribution in [0.4, 0.5) is 0 Å². The zero-order valence-electron chi connectivity index (χ0n) is 11.7. The first-order valence-corrected chi connectivity index (χ1v) is 6.93. The molecule has 0 spiro atoms. The molecule has 4 heteroatoms. The number of hydrogen-bond donors (Lipinski definition) is 0. The molecule has 0 radical (unpaired) electrons. The molecular weight excluding hydrogens is 279 g/mol. The van der Waals surface area contributed by atoms with Gasteiger partial charge in [-0.15, -0.1) is 0 Å². The highest BCUT2D eigenvalue weighted by molar-refractivity contribution is 6.35. The Bertz CT molecular complexity index is 600. The average Bonchev–Trinajstić information content (AvgIpc) is 2.55. The minimum atomic E-state index is 0.657. The Balaban J connectivity index is 2.53. The van der Waals surface area contributed by atoms with E-state index in [1.807, 2.05) is 12.1 Å². The normalized spacial score (nSPS) is 11.3. The lowest BCUT2D eigenvalue weighted by atomic mass is 10.2. The van der Waals surface area contributed by atoms with Crippen molar-refractivity contribution in [2.24, 2.45) is 0 Å². The van der Waals surface area contributed by atoms with E-state index in [9.17, 15) is 0 Å². The summed E-state index contributed by atoms with van der Waals surface area (Å²) in [6.45, 7) is 5.14. The molecule has 0 aliphatic heterocycles. The number of nitrogens with zero attached hydrogens (tertiary/aromatic N) is 2. The highest BCUT2D eigenvalue weighted by Gasteiger charge is 2.13. The van der Waals surface area contributed by atoms with Crippen LogP contribution in [0.25, 0.3) is 5.69 Å². The van der Waals surface area contributed by atoms with Crippen molar-refractivity contribution in [2.75, 3.05) is 14.1 Å². The third-order valence-corrected chi connectivity index (χ3v) is 3.71. The van der Waals surface area contributed by atoms with Gasteiger partial charge in [0.1, 0.15) is 0 Å². The predicted octanol–water partition coefficient (Wildman–Crippen LogP) is 4.46. The zero-order chi connectivity index (χ0) is 14.2. The van der Waals surface area contributed by atoms with Gasteiger partial charge in [0.25, 0.3) is 0 Å². The highest BCUT2D eigenvalue weighted by atomic mass is 35.5. The molecule has 102 valence electrons. The molecule has 1 heterocycles. The van der Waals surface area contributed by atoms with Crippen LogP contribution in [0.5, 0.6) is 0 Å². The van der Waals surface area contributed by atoms with E-state index < -0.39 is 0 Å². The van der Waals surface area contributed by atoms with Crippen LogP contribution in [0.3, 0.4) is 0 Å². The second kappa shape index (κ2) is 5.58. The topological polar surface area (TPSA) is 8.17 Å². The van der Waals surface area contributed by atoms with Crippen molar-refractivity contribution in [3.8, 4) is 5.69 Å². The molecule has 0 bridgehead atoms. The molecular formula is C15H18Cl2N2. The molecule has 2 rings (SSSR count). The molecule has 0 atom stereocenters. The summed E-state index contributed by atoms with van der Waals surface area (Å²) >= 11 is 12.3.